The minimum Gasteiger partial charge on any atom is -0.370 e. The second kappa shape index (κ2) is 10.6. The Balaban J connectivity index is 1.23. The Morgan fingerprint density at radius 1 is 1.03 bits per heavy atom. The van der Waals surface area contributed by atoms with Crippen molar-refractivity contribution in [3.05, 3.63) is 70.8 Å². The van der Waals surface area contributed by atoms with Crippen LogP contribution in [0.15, 0.2) is 48.5 Å². The van der Waals surface area contributed by atoms with Crippen molar-refractivity contribution in [2.24, 2.45) is 0 Å². The maximum absolute atomic E-state index is 13.2. The molecule has 2 aliphatic heterocycles. The largest absolute Gasteiger partial charge is 0.416 e. The lowest BCUT2D eigenvalue weighted by atomic mass is 10.0. The average molecular weight is 473 g/mol. The summed E-state index contributed by atoms with van der Waals surface area (Å²) in [6.07, 6.45) is -4.16. The van der Waals surface area contributed by atoms with Gasteiger partial charge in [-0.15, -0.1) is 0 Å². The molecule has 2 fully saturated rings. The molecule has 0 saturated carbocycles. The van der Waals surface area contributed by atoms with Gasteiger partial charge in [0.25, 0.3) is 0 Å². The summed E-state index contributed by atoms with van der Waals surface area (Å²) in [5, 5.41) is 11.8. The van der Waals surface area contributed by atoms with Crippen LogP contribution in [0.3, 0.4) is 0 Å². The molecule has 4 rings (SSSR count). The highest BCUT2D eigenvalue weighted by atomic mass is 19.4. The van der Waals surface area contributed by atoms with E-state index < -0.39 is 11.7 Å². The summed E-state index contributed by atoms with van der Waals surface area (Å²) >= 11 is 0. The number of hydrogen-bond donors (Lipinski definition) is 1. The number of morpholine rings is 2. The van der Waals surface area contributed by atoms with Gasteiger partial charge in [-0.25, -0.2) is 0 Å². The number of benzene rings is 2. The molecule has 34 heavy (non-hydrogen) atoms. The number of nitrogens with one attached hydrogen (secondary N) is 1. The van der Waals surface area contributed by atoms with Gasteiger partial charge in [-0.1, -0.05) is 30.3 Å². The van der Waals surface area contributed by atoms with E-state index in [1.165, 1.54) is 6.07 Å². The molecule has 1 N–H and O–H groups in total. The predicted octanol–water partition coefficient (Wildman–Crippen LogP) is 2.82. The Morgan fingerprint density at radius 3 is 2.32 bits per heavy atom. The summed E-state index contributed by atoms with van der Waals surface area (Å²) in [5.74, 6) is -0.0788. The number of ether oxygens (including phenoxy) is 1. The fourth-order valence-corrected chi connectivity index (χ4v) is 4.62. The molecule has 2 bridgehead atoms. The van der Waals surface area contributed by atoms with Crippen molar-refractivity contribution in [2.45, 2.75) is 31.3 Å². The summed E-state index contributed by atoms with van der Waals surface area (Å²) < 4.78 is 45.8. The fourth-order valence-electron chi connectivity index (χ4n) is 4.62. The second-order valence-corrected chi connectivity index (χ2v) is 8.82. The van der Waals surface area contributed by atoms with Crippen LogP contribution in [-0.2, 0) is 28.7 Å². The van der Waals surface area contributed by atoms with Crippen LogP contribution in [0, 0.1) is 11.3 Å². The van der Waals surface area contributed by atoms with Gasteiger partial charge in [0.1, 0.15) is 0 Å². The zero-order valence-electron chi connectivity index (χ0n) is 18.7. The van der Waals surface area contributed by atoms with Gasteiger partial charge < -0.3 is 10.1 Å². The van der Waals surface area contributed by atoms with Crippen LogP contribution in [-0.4, -0.2) is 67.2 Å². The summed E-state index contributed by atoms with van der Waals surface area (Å²) in [6.45, 7) is 3.68. The molecule has 2 aromatic carbocycles. The number of rotatable bonds is 7. The van der Waals surface area contributed by atoms with Crippen LogP contribution in [0.5, 0.6) is 0 Å². The zero-order valence-corrected chi connectivity index (χ0v) is 18.7. The zero-order chi connectivity index (χ0) is 24.1. The highest BCUT2D eigenvalue weighted by molar-refractivity contribution is 5.78. The predicted molar refractivity (Wildman–Crippen MR) is 120 cm³/mol. The first-order valence-corrected chi connectivity index (χ1v) is 11.3. The lowest BCUT2D eigenvalue weighted by Crippen LogP contribution is -2.60. The molecule has 6 nitrogen and oxygen atoms in total. The molecule has 9 heteroatoms. The van der Waals surface area contributed by atoms with Crippen molar-refractivity contribution >= 4 is 5.91 Å². The van der Waals surface area contributed by atoms with Gasteiger partial charge in [0, 0.05) is 39.3 Å². The molecule has 180 valence electrons. The number of halogens is 3. The summed E-state index contributed by atoms with van der Waals surface area (Å²) in [7, 11) is 0. The molecular formula is C25H27F3N4O2. The first kappa shape index (κ1) is 24.2. The minimum absolute atomic E-state index is 0.0725. The third kappa shape index (κ3) is 6.35. The van der Waals surface area contributed by atoms with Crippen molar-refractivity contribution in [1.29, 1.82) is 5.26 Å². The molecule has 2 heterocycles. The second-order valence-electron chi connectivity index (χ2n) is 8.82. The Labute approximate surface area is 196 Å². The van der Waals surface area contributed by atoms with Gasteiger partial charge in [0.2, 0.25) is 5.91 Å². The highest BCUT2D eigenvalue weighted by Crippen LogP contribution is 2.32. The number of nitriles is 1. The van der Waals surface area contributed by atoms with Crippen molar-refractivity contribution in [3.63, 3.8) is 0 Å². The highest BCUT2D eigenvalue weighted by Gasteiger charge is 2.36. The number of carbonyl (C=O) groups is 1. The number of nitrogens with zero attached hydrogens (tertiary/aromatic N) is 3. The topological polar surface area (TPSA) is 68.6 Å². The molecule has 2 saturated heterocycles. The van der Waals surface area contributed by atoms with Gasteiger partial charge in [0.15, 0.2) is 0 Å². The summed E-state index contributed by atoms with van der Waals surface area (Å²) in [6, 6.07) is 14.9. The Morgan fingerprint density at radius 2 is 1.68 bits per heavy atom. The average Bonchev–Trinajstić information content (AvgIpc) is 2.81. The standard InChI is InChI=1S/C25H27F3N4O2/c26-25(27,28)23-4-2-1-3-20(23)9-10-31-13-21-15-32(16-22(14-31)34-21)17-24(33)30-12-19-7-5-18(11-29)6-8-19/h1-8,21-22H,9-10,12-17H2,(H,30,33). The van der Waals surface area contributed by atoms with E-state index in [1.807, 2.05) is 12.1 Å². The summed E-state index contributed by atoms with van der Waals surface area (Å²) in [5.41, 5.74) is 1.25. The van der Waals surface area contributed by atoms with E-state index in [2.05, 4.69) is 21.2 Å². The van der Waals surface area contributed by atoms with Gasteiger partial charge in [-0.2, -0.15) is 18.4 Å². The van der Waals surface area contributed by atoms with Crippen LogP contribution in [0.2, 0.25) is 0 Å². The Kier molecular flexibility index (Phi) is 7.51. The molecule has 0 aliphatic carbocycles. The number of alkyl halides is 3. The van der Waals surface area contributed by atoms with Gasteiger partial charge in [-0.05, 0) is 35.7 Å². The number of amides is 1. The molecule has 0 aromatic heterocycles. The number of fused-ring (bicyclic) bond motifs is 2. The van der Waals surface area contributed by atoms with E-state index in [4.69, 9.17) is 10.00 Å². The lowest BCUT2D eigenvalue weighted by Gasteiger charge is -2.45. The Hall–Kier alpha value is -2.93. The van der Waals surface area contributed by atoms with Gasteiger partial charge in [0.05, 0.1) is 35.9 Å². The van der Waals surface area contributed by atoms with E-state index in [0.717, 1.165) is 11.6 Å². The van der Waals surface area contributed by atoms with E-state index in [0.29, 0.717) is 56.8 Å². The fraction of sp³-hybridized carbons (Fsp3) is 0.440. The molecule has 2 aromatic rings. The maximum atomic E-state index is 13.2. The van der Waals surface area contributed by atoms with Crippen LogP contribution in [0.25, 0.3) is 0 Å². The van der Waals surface area contributed by atoms with Gasteiger partial charge in [-0.3, -0.25) is 14.6 Å². The van der Waals surface area contributed by atoms with Crippen molar-refractivity contribution in [1.82, 2.24) is 15.1 Å². The number of hydrogen-bond acceptors (Lipinski definition) is 5. The molecular weight excluding hydrogens is 445 g/mol. The van der Waals surface area contributed by atoms with E-state index >= 15 is 0 Å². The third-order valence-corrected chi connectivity index (χ3v) is 6.19. The number of carbonyl (C=O) groups excluding carboxylic acids is 1. The van der Waals surface area contributed by atoms with Crippen molar-refractivity contribution in [2.75, 3.05) is 39.3 Å². The quantitative estimate of drug-likeness (QED) is 0.671. The molecule has 0 radical (unpaired) electrons. The molecule has 0 spiro atoms. The van der Waals surface area contributed by atoms with Crippen LogP contribution in [0.1, 0.15) is 22.3 Å². The first-order valence-electron chi connectivity index (χ1n) is 11.3. The minimum atomic E-state index is -4.35. The van der Waals surface area contributed by atoms with E-state index in [-0.39, 0.29) is 24.7 Å². The third-order valence-electron chi connectivity index (χ3n) is 6.19. The van der Waals surface area contributed by atoms with Crippen molar-refractivity contribution in [3.8, 4) is 6.07 Å². The van der Waals surface area contributed by atoms with Crippen LogP contribution >= 0.6 is 0 Å². The summed E-state index contributed by atoms with van der Waals surface area (Å²) in [4.78, 5) is 16.6. The molecule has 2 unspecified atom stereocenters. The molecule has 1 amide bonds. The monoisotopic (exact) mass is 472 g/mol. The molecule has 2 atom stereocenters. The van der Waals surface area contributed by atoms with E-state index in [1.54, 1.807) is 24.3 Å². The maximum Gasteiger partial charge on any atom is 0.416 e. The normalized spacial score (nSPS) is 21.1. The van der Waals surface area contributed by atoms with Gasteiger partial charge >= 0.3 is 6.18 Å². The van der Waals surface area contributed by atoms with Crippen LogP contribution in [0.4, 0.5) is 13.2 Å². The first-order chi connectivity index (χ1) is 16.3. The Bertz CT molecular complexity index is 1020. The SMILES string of the molecule is N#Cc1ccc(CNC(=O)CN2CC3CN(CCc4ccccc4C(F)(F)F)CC(C2)O3)cc1. The smallest absolute Gasteiger partial charge is 0.370 e. The molecule has 2 aliphatic rings. The lowest BCUT2D eigenvalue weighted by molar-refractivity contribution is -0.145. The van der Waals surface area contributed by atoms with Crippen molar-refractivity contribution < 1.29 is 22.7 Å². The van der Waals surface area contributed by atoms with Crippen LogP contribution < -0.4 is 5.32 Å². The van der Waals surface area contributed by atoms with E-state index in [9.17, 15) is 18.0 Å².